The number of hydrogen-bond acceptors (Lipinski definition) is 6. The van der Waals surface area contributed by atoms with Crippen molar-refractivity contribution in [1.29, 1.82) is 0 Å². The summed E-state index contributed by atoms with van der Waals surface area (Å²) in [7, 11) is 0. The van der Waals surface area contributed by atoms with E-state index in [1.807, 2.05) is 13.8 Å². The van der Waals surface area contributed by atoms with Gasteiger partial charge in [0.2, 0.25) is 0 Å². The summed E-state index contributed by atoms with van der Waals surface area (Å²) in [6, 6.07) is 4.84. The molecule has 0 saturated heterocycles. The van der Waals surface area contributed by atoms with Crippen LogP contribution in [-0.2, 0) is 4.79 Å². The number of phenolic OH excluding ortho intramolecular Hbond substituents is 1. The van der Waals surface area contributed by atoms with Gasteiger partial charge in [0, 0.05) is 35.5 Å². The molecule has 1 heterocycles. The van der Waals surface area contributed by atoms with E-state index in [9.17, 15) is 25.2 Å². The largest absolute Gasteiger partial charge is 0.508 e. The minimum absolute atomic E-state index is 0.0772. The second-order valence-electron chi connectivity index (χ2n) is 8.92. The van der Waals surface area contributed by atoms with Gasteiger partial charge in [-0.3, -0.25) is 4.79 Å². The van der Waals surface area contributed by atoms with Crippen molar-refractivity contribution in [2.75, 3.05) is 0 Å². The molecule has 0 aromatic heterocycles. The molecule has 6 atom stereocenters. The van der Waals surface area contributed by atoms with Crippen LogP contribution in [0.2, 0.25) is 0 Å². The number of carbonyl (C=O) groups excluding carboxylic acids is 1. The SMILES string of the molecule is CC1(C)[C@H]2C(=COc3cc(O)ccc32)[C@]2(O)C(=O)C[C@]3(O)C[C@H]1[C@H]2[C@H]3O. The summed E-state index contributed by atoms with van der Waals surface area (Å²) in [6.07, 6.45) is 0.258. The van der Waals surface area contributed by atoms with E-state index in [2.05, 4.69) is 0 Å². The summed E-state index contributed by atoms with van der Waals surface area (Å²) < 4.78 is 5.66. The Balaban J connectivity index is 1.77. The molecule has 3 aliphatic carbocycles. The van der Waals surface area contributed by atoms with Crippen LogP contribution >= 0.6 is 0 Å². The highest BCUT2D eigenvalue weighted by molar-refractivity contribution is 5.94. The number of ether oxygens (including phenoxy) is 1. The molecular formula is C20H22O6. The van der Waals surface area contributed by atoms with Crippen LogP contribution in [0.3, 0.4) is 0 Å². The molecule has 0 spiro atoms. The first-order chi connectivity index (χ1) is 12.1. The second kappa shape index (κ2) is 4.50. The van der Waals surface area contributed by atoms with Crippen LogP contribution in [0, 0.1) is 17.3 Å². The molecule has 138 valence electrons. The fourth-order valence-electron chi connectivity index (χ4n) is 6.11. The van der Waals surface area contributed by atoms with Gasteiger partial charge in [-0.15, -0.1) is 0 Å². The van der Waals surface area contributed by atoms with Crippen LogP contribution in [0.25, 0.3) is 0 Å². The van der Waals surface area contributed by atoms with Crippen molar-refractivity contribution in [3.63, 3.8) is 0 Å². The fourth-order valence-corrected chi connectivity index (χ4v) is 6.11. The van der Waals surface area contributed by atoms with E-state index in [4.69, 9.17) is 4.74 Å². The zero-order chi connectivity index (χ0) is 18.6. The van der Waals surface area contributed by atoms with Crippen molar-refractivity contribution in [2.24, 2.45) is 17.3 Å². The average Bonchev–Trinajstić information content (AvgIpc) is 2.79. The molecule has 2 bridgehead atoms. The highest BCUT2D eigenvalue weighted by Gasteiger charge is 2.74. The normalized spacial score (nSPS) is 44.7. The van der Waals surface area contributed by atoms with Crippen molar-refractivity contribution >= 4 is 5.78 Å². The van der Waals surface area contributed by atoms with Gasteiger partial charge in [0.1, 0.15) is 11.5 Å². The van der Waals surface area contributed by atoms with E-state index in [0.717, 1.165) is 5.56 Å². The lowest BCUT2D eigenvalue weighted by atomic mass is 9.49. The van der Waals surface area contributed by atoms with Crippen LogP contribution in [0.15, 0.2) is 30.0 Å². The van der Waals surface area contributed by atoms with Gasteiger partial charge in [0.15, 0.2) is 11.4 Å². The minimum Gasteiger partial charge on any atom is -0.508 e. The Labute approximate surface area is 150 Å². The number of benzene rings is 1. The number of aliphatic hydroxyl groups excluding tert-OH is 1. The van der Waals surface area contributed by atoms with Crippen LogP contribution in [0.1, 0.15) is 38.2 Å². The zero-order valence-electron chi connectivity index (χ0n) is 14.6. The molecule has 0 radical (unpaired) electrons. The van der Waals surface area contributed by atoms with E-state index in [-0.39, 0.29) is 30.4 Å². The standard InChI is InChI=1S/C20H22O6/c1-18(2)11-6-19(24)7-14(22)20(25,16(11)17(19)23)12-8-26-13-5-9(21)3-4-10(13)15(12)18/h3-5,8,11,15-17,21,23-25H,6-7H2,1-2H3/t11-,15+,16-,17+,19+,20-/m0/s1. The Hall–Kier alpha value is -1.89. The summed E-state index contributed by atoms with van der Waals surface area (Å²) in [5.74, 6) is -1.19. The number of aliphatic hydroxyl groups is 3. The smallest absolute Gasteiger partial charge is 0.172 e. The molecule has 6 nitrogen and oxygen atoms in total. The minimum atomic E-state index is -1.84. The van der Waals surface area contributed by atoms with Crippen molar-refractivity contribution in [3.8, 4) is 11.5 Å². The third kappa shape index (κ3) is 1.61. The first-order valence-corrected chi connectivity index (χ1v) is 8.97. The number of hydrogen-bond donors (Lipinski definition) is 4. The Morgan fingerprint density at radius 3 is 2.69 bits per heavy atom. The maximum absolute atomic E-state index is 12.9. The molecule has 4 N–H and O–H groups in total. The summed E-state index contributed by atoms with van der Waals surface area (Å²) in [4.78, 5) is 12.9. The molecule has 6 heteroatoms. The predicted molar refractivity (Wildman–Crippen MR) is 90.5 cm³/mol. The van der Waals surface area contributed by atoms with Crippen molar-refractivity contribution in [1.82, 2.24) is 0 Å². The lowest BCUT2D eigenvalue weighted by molar-refractivity contribution is -0.180. The molecule has 3 fully saturated rings. The molecule has 1 aromatic rings. The highest BCUT2D eigenvalue weighted by Crippen LogP contribution is 2.69. The molecule has 1 aromatic carbocycles. The number of aromatic hydroxyl groups is 1. The van der Waals surface area contributed by atoms with Gasteiger partial charge in [-0.25, -0.2) is 0 Å². The maximum atomic E-state index is 12.9. The van der Waals surface area contributed by atoms with Crippen LogP contribution in [-0.4, -0.2) is 43.5 Å². The van der Waals surface area contributed by atoms with Gasteiger partial charge >= 0.3 is 0 Å². The quantitative estimate of drug-likeness (QED) is 0.556. The summed E-state index contributed by atoms with van der Waals surface area (Å²) in [6.45, 7) is 4.08. The zero-order valence-corrected chi connectivity index (χ0v) is 14.6. The van der Waals surface area contributed by atoms with Crippen LogP contribution in [0.4, 0.5) is 0 Å². The molecule has 5 rings (SSSR count). The third-order valence-electron chi connectivity index (χ3n) is 7.34. The maximum Gasteiger partial charge on any atom is 0.172 e. The van der Waals surface area contributed by atoms with Crippen molar-refractivity contribution in [3.05, 3.63) is 35.6 Å². The number of phenols is 1. The van der Waals surface area contributed by atoms with E-state index in [1.54, 1.807) is 12.1 Å². The van der Waals surface area contributed by atoms with Crippen molar-refractivity contribution in [2.45, 2.75) is 49.9 Å². The first kappa shape index (κ1) is 16.3. The first-order valence-electron chi connectivity index (χ1n) is 8.97. The van der Waals surface area contributed by atoms with Gasteiger partial charge in [0.25, 0.3) is 0 Å². The Morgan fingerprint density at radius 2 is 1.96 bits per heavy atom. The van der Waals surface area contributed by atoms with Gasteiger partial charge < -0.3 is 25.2 Å². The average molecular weight is 358 g/mol. The molecule has 0 amide bonds. The summed E-state index contributed by atoms with van der Waals surface area (Å²) >= 11 is 0. The van der Waals surface area contributed by atoms with E-state index in [1.165, 1.54) is 12.3 Å². The van der Waals surface area contributed by atoms with E-state index >= 15 is 0 Å². The summed E-state index contributed by atoms with van der Waals surface area (Å²) in [5.41, 5.74) is -2.53. The number of Topliss-reactive ketones (excluding diaryl/α,β-unsaturated/α-hetero) is 1. The number of carbonyl (C=O) groups is 1. The number of ketones is 1. The molecule has 26 heavy (non-hydrogen) atoms. The van der Waals surface area contributed by atoms with E-state index in [0.29, 0.717) is 11.3 Å². The summed E-state index contributed by atoms with van der Waals surface area (Å²) in [5, 5.41) is 42.9. The molecule has 3 saturated carbocycles. The van der Waals surface area contributed by atoms with Gasteiger partial charge in [-0.1, -0.05) is 19.9 Å². The monoisotopic (exact) mass is 358 g/mol. The molecule has 1 aliphatic heterocycles. The molecule has 4 aliphatic rings. The van der Waals surface area contributed by atoms with Crippen molar-refractivity contribution < 1.29 is 30.0 Å². The second-order valence-corrected chi connectivity index (χ2v) is 8.92. The molecular weight excluding hydrogens is 336 g/mol. The predicted octanol–water partition coefficient (Wildman–Crippen LogP) is 1.22. The Kier molecular flexibility index (Phi) is 2.82. The highest BCUT2D eigenvalue weighted by atomic mass is 16.5. The van der Waals surface area contributed by atoms with Gasteiger partial charge in [-0.05, 0) is 23.8 Å². The third-order valence-corrected chi connectivity index (χ3v) is 7.34. The lowest BCUT2D eigenvalue weighted by Gasteiger charge is -2.57. The topological polar surface area (TPSA) is 107 Å². The Morgan fingerprint density at radius 1 is 1.23 bits per heavy atom. The fraction of sp³-hybridized carbons (Fsp3) is 0.550. The van der Waals surface area contributed by atoms with Crippen LogP contribution in [0.5, 0.6) is 11.5 Å². The van der Waals surface area contributed by atoms with Gasteiger partial charge in [0.05, 0.1) is 18.0 Å². The number of fused-ring (bicyclic) bond motifs is 5. The Bertz CT molecular complexity index is 873. The van der Waals surface area contributed by atoms with Gasteiger partial charge in [-0.2, -0.15) is 0 Å². The lowest BCUT2D eigenvalue weighted by Crippen LogP contribution is -2.66. The number of rotatable bonds is 0. The van der Waals surface area contributed by atoms with Crippen LogP contribution < -0.4 is 4.74 Å². The molecule has 0 unspecified atom stereocenters. The van der Waals surface area contributed by atoms with E-state index < -0.39 is 34.4 Å².